The van der Waals surface area contributed by atoms with Crippen LogP contribution in [0.25, 0.3) is 0 Å². The molecule has 0 unspecified atom stereocenters. The van der Waals surface area contributed by atoms with E-state index < -0.39 is 18.5 Å². The highest BCUT2D eigenvalue weighted by Crippen LogP contribution is 2.16. The molecule has 7 nitrogen and oxygen atoms in total. The highest BCUT2D eigenvalue weighted by atomic mass is 35.5. The lowest BCUT2D eigenvalue weighted by Gasteiger charge is -2.08. The molecule has 0 saturated carbocycles. The third kappa shape index (κ3) is 7.67. The summed E-state index contributed by atoms with van der Waals surface area (Å²) >= 11 is 5.77. The van der Waals surface area contributed by atoms with E-state index in [-0.39, 0.29) is 18.7 Å². The Hall–Kier alpha value is -3.06. The van der Waals surface area contributed by atoms with Crippen molar-refractivity contribution < 1.29 is 23.9 Å². The number of ether oxygens (including phenoxy) is 2. The van der Waals surface area contributed by atoms with Crippen molar-refractivity contribution in [2.24, 2.45) is 0 Å². The number of carbonyl (C=O) groups excluding carboxylic acids is 3. The molecule has 0 bridgehead atoms. The molecule has 0 spiro atoms. The molecule has 0 aliphatic carbocycles. The van der Waals surface area contributed by atoms with Crippen molar-refractivity contribution in [2.45, 2.75) is 19.8 Å². The number of rotatable bonds is 9. The van der Waals surface area contributed by atoms with E-state index in [2.05, 4.69) is 10.6 Å². The fourth-order valence-electron chi connectivity index (χ4n) is 2.19. The lowest BCUT2D eigenvalue weighted by Crippen LogP contribution is -2.21. The van der Waals surface area contributed by atoms with Crippen molar-refractivity contribution in [3.63, 3.8) is 0 Å². The molecule has 0 aliphatic rings. The number of hydrogen-bond acceptors (Lipinski definition) is 5. The zero-order chi connectivity index (χ0) is 20.4. The lowest BCUT2D eigenvalue weighted by atomic mass is 10.2. The van der Waals surface area contributed by atoms with Crippen molar-refractivity contribution in [2.75, 3.05) is 23.8 Å². The number of amides is 2. The second kappa shape index (κ2) is 10.9. The van der Waals surface area contributed by atoms with E-state index in [9.17, 15) is 14.4 Å². The van der Waals surface area contributed by atoms with Gasteiger partial charge in [0.2, 0.25) is 5.91 Å². The van der Waals surface area contributed by atoms with Crippen LogP contribution in [0.4, 0.5) is 11.4 Å². The van der Waals surface area contributed by atoms with Crippen molar-refractivity contribution in [1.29, 1.82) is 0 Å². The summed E-state index contributed by atoms with van der Waals surface area (Å²) in [6.45, 7) is 2.01. The maximum absolute atomic E-state index is 11.8. The van der Waals surface area contributed by atoms with Crippen LogP contribution in [0.3, 0.4) is 0 Å². The van der Waals surface area contributed by atoms with Gasteiger partial charge in [-0.1, -0.05) is 11.6 Å². The van der Waals surface area contributed by atoms with Crippen molar-refractivity contribution in [1.82, 2.24) is 0 Å². The number of anilines is 2. The van der Waals surface area contributed by atoms with Crippen molar-refractivity contribution >= 4 is 40.8 Å². The number of esters is 1. The van der Waals surface area contributed by atoms with Crippen LogP contribution >= 0.6 is 11.6 Å². The molecule has 0 heterocycles. The summed E-state index contributed by atoms with van der Waals surface area (Å²) in [5, 5.41) is 5.81. The van der Waals surface area contributed by atoms with E-state index in [4.69, 9.17) is 21.1 Å². The number of nitrogens with one attached hydrogen (secondary N) is 2. The van der Waals surface area contributed by atoms with Crippen LogP contribution in [0.15, 0.2) is 48.5 Å². The molecule has 0 fully saturated rings. The molecule has 148 valence electrons. The predicted octanol–water partition coefficient (Wildman–Crippen LogP) is 3.64. The minimum absolute atomic E-state index is 0.0536. The summed E-state index contributed by atoms with van der Waals surface area (Å²) in [5.41, 5.74) is 1.14. The maximum atomic E-state index is 11.8. The van der Waals surface area contributed by atoms with Crippen molar-refractivity contribution in [3.8, 4) is 5.75 Å². The standard InChI is InChI=1S/C20H21ClN2O5/c1-2-27-17-9-7-16(8-10-17)23-19(25)13-28-20(26)12-11-18(24)22-15-5-3-14(21)4-6-15/h3-10H,2,11-13H2,1H3,(H,22,24)(H,23,25). The van der Waals surface area contributed by atoms with Crippen LogP contribution in [-0.4, -0.2) is 31.0 Å². The van der Waals surface area contributed by atoms with Gasteiger partial charge in [-0.15, -0.1) is 0 Å². The Morgan fingerprint density at radius 2 is 1.43 bits per heavy atom. The van der Waals surface area contributed by atoms with Gasteiger partial charge < -0.3 is 20.1 Å². The first-order valence-corrected chi connectivity index (χ1v) is 9.08. The van der Waals surface area contributed by atoms with Gasteiger partial charge in [0.15, 0.2) is 6.61 Å². The molecule has 0 aromatic heterocycles. The topological polar surface area (TPSA) is 93.7 Å². The average molecular weight is 405 g/mol. The van der Waals surface area contributed by atoms with Gasteiger partial charge in [-0.3, -0.25) is 14.4 Å². The second-order valence-electron chi connectivity index (χ2n) is 5.72. The SMILES string of the molecule is CCOc1ccc(NC(=O)COC(=O)CCC(=O)Nc2ccc(Cl)cc2)cc1. The van der Waals surface area contributed by atoms with Crippen LogP contribution in [0, 0.1) is 0 Å². The summed E-state index contributed by atoms with van der Waals surface area (Å²) in [5.74, 6) is -0.738. The zero-order valence-electron chi connectivity index (χ0n) is 15.4. The Labute approximate surface area is 168 Å². The first-order valence-electron chi connectivity index (χ1n) is 8.70. The highest BCUT2D eigenvalue weighted by molar-refractivity contribution is 6.30. The third-order valence-electron chi connectivity index (χ3n) is 3.50. The van der Waals surface area contributed by atoms with Gasteiger partial charge in [0.1, 0.15) is 5.75 Å². The van der Waals surface area contributed by atoms with Gasteiger partial charge in [0.05, 0.1) is 13.0 Å². The Bertz CT molecular complexity index is 806. The van der Waals surface area contributed by atoms with Gasteiger partial charge in [-0.2, -0.15) is 0 Å². The van der Waals surface area contributed by atoms with Gasteiger partial charge in [0, 0.05) is 22.8 Å². The fourth-order valence-corrected chi connectivity index (χ4v) is 2.31. The van der Waals surface area contributed by atoms with Gasteiger partial charge in [-0.25, -0.2) is 0 Å². The summed E-state index contributed by atoms with van der Waals surface area (Å²) in [6.07, 6.45) is -0.183. The average Bonchev–Trinajstić information content (AvgIpc) is 2.68. The van der Waals surface area contributed by atoms with E-state index in [1.807, 2.05) is 6.92 Å². The van der Waals surface area contributed by atoms with Gasteiger partial charge in [0.25, 0.3) is 5.91 Å². The zero-order valence-corrected chi connectivity index (χ0v) is 16.1. The lowest BCUT2D eigenvalue weighted by molar-refractivity contribution is -0.147. The fraction of sp³-hybridized carbons (Fsp3) is 0.250. The van der Waals surface area contributed by atoms with E-state index in [0.717, 1.165) is 0 Å². The minimum Gasteiger partial charge on any atom is -0.494 e. The van der Waals surface area contributed by atoms with Crippen molar-refractivity contribution in [3.05, 3.63) is 53.6 Å². The smallest absolute Gasteiger partial charge is 0.306 e. The van der Waals surface area contributed by atoms with Gasteiger partial charge in [-0.05, 0) is 55.5 Å². The molecule has 2 N–H and O–H groups in total. The summed E-state index contributed by atoms with van der Waals surface area (Å²) < 4.78 is 10.2. The predicted molar refractivity (Wildman–Crippen MR) is 107 cm³/mol. The highest BCUT2D eigenvalue weighted by Gasteiger charge is 2.11. The summed E-state index contributed by atoms with van der Waals surface area (Å²) in [7, 11) is 0. The molecule has 0 atom stereocenters. The van der Waals surface area contributed by atoms with Crippen LogP contribution in [0.2, 0.25) is 5.02 Å². The molecular formula is C20H21ClN2O5. The molecule has 2 aromatic carbocycles. The number of halogens is 1. The summed E-state index contributed by atoms with van der Waals surface area (Å²) in [4.78, 5) is 35.3. The number of benzene rings is 2. The third-order valence-corrected chi connectivity index (χ3v) is 3.75. The monoisotopic (exact) mass is 404 g/mol. The molecule has 2 amide bonds. The van der Waals surface area contributed by atoms with E-state index in [1.165, 1.54) is 0 Å². The maximum Gasteiger partial charge on any atom is 0.306 e. The van der Waals surface area contributed by atoms with E-state index in [0.29, 0.717) is 28.8 Å². The molecule has 0 aliphatic heterocycles. The quantitative estimate of drug-likeness (QED) is 0.622. The van der Waals surface area contributed by atoms with E-state index >= 15 is 0 Å². The molecular weight excluding hydrogens is 384 g/mol. The summed E-state index contributed by atoms with van der Waals surface area (Å²) in [6, 6.07) is 13.4. The molecule has 28 heavy (non-hydrogen) atoms. The Morgan fingerprint density at radius 3 is 2.04 bits per heavy atom. The minimum atomic E-state index is -0.631. The van der Waals surface area contributed by atoms with Crippen LogP contribution < -0.4 is 15.4 Å². The number of carbonyl (C=O) groups is 3. The molecule has 2 rings (SSSR count). The largest absolute Gasteiger partial charge is 0.494 e. The number of hydrogen-bond donors (Lipinski definition) is 2. The molecule has 2 aromatic rings. The van der Waals surface area contributed by atoms with Crippen LogP contribution in [-0.2, 0) is 19.1 Å². The van der Waals surface area contributed by atoms with Crippen LogP contribution in [0.5, 0.6) is 5.75 Å². The normalized spacial score (nSPS) is 10.1. The van der Waals surface area contributed by atoms with E-state index in [1.54, 1.807) is 48.5 Å². The second-order valence-corrected chi connectivity index (χ2v) is 6.16. The molecule has 0 saturated heterocycles. The first kappa shape index (κ1) is 21.2. The Morgan fingerprint density at radius 1 is 0.857 bits per heavy atom. The Balaban J connectivity index is 1.66. The Kier molecular flexibility index (Phi) is 8.30. The first-order chi connectivity index (χ1) is 13.5. The van der Waals surface area contributed by atoms with Gasteiger partial charge >= 0.3 is 5.97 Å². The van der Waals surface area contributed by atoms with Crippen LogP contribution in [0.1, 0.15) is 19.8 Å². The molecule has 0 radical (unpaired) electrons. The molecule has 8 heteroatoms.